The molecule has 0 aliphatic heterocycles. The lowest BCUT2D eigenvalue weighted by atomic mass is 10.1. The van der Waals surface area contributed by atoms with Crippen molar-refractivity contribution >= 4 is 23.0 Å². The van der Waals surface area contributed by atoms with Crippen LogP contribution in [0.25, 0.3) is 0 Å². The van der Waals surface area contributed by atoms with Gasteiger partial charge < -0.3 is 14.8 Å². The molecule has 0 fully saturated rings. The predicted octanol–water partition coefficient (Wildman–Crippen LogP) is 5.47. The molecule has 0 bridgehead atoms. The number of nitrogens with one attached hydrogen (secondary N) is 1. The Hall–Kier alpha value is -3.30. The maximum atomic E-state index is 12.8. The summed E-state index contributed by atoms with van der Waals surface area (Å²) in [6, 6.07) is 8.66. The molecule has 0 aliphatic rings. The standard InChI is InChI=1S/C20H21F3N2O5/c1-3-29-19(26)11-4-13(2)30-16-8-6-15(7-9-16)24-17-10-5-14(20(21,22)23)12-18(17)25(27)28/h5-10,12-13,24H,3-4,11H2,1-2H3. The molecule has 162 valence electrons. The molecular formula is C20H21F3N2O5. The first kappa shape index (κ1) is 23.0. The number of rotatable bonds is 9. The Balaban J connectivity index is 2.04. The largest absolute Gasteiger partial charge is 0.491 e. The van der Waals surface area contributed by atoms with Crippen LogP contribution in [0, 0.1) is 10.1 Å². The maximum Gasteiger partial charge on any atom is 0.416 e. The van der Waals surface area contributed by atoms with Gasteiger partial charge in [-0.25, -0.2) is 0 Å². The Morgan fingerprint density at radius 1 is 1.20 bits per heavy atom. The van der Waals surface area contributed by atoms with Gasteiger partial charge in [0.2, 0.25) is 0 Å². The SMILES string of the molecule is CCOC(=O)CCC(C)Oc1ccc(Nc2ccc(C(F)(F)F)cc2[N+](=O)[O-])cc1. The number of benzene rings is 2. The summed E-state index contributed by atoms with van der Waals surface area (Å²) in [5, 5.41) is 13.9. The van der Waals surface area contributed by atoms with E-state index in [9.17, 15) is 28.1 Å². The lowest BCUT2D eigenvalue weighted by Gasteiger charge is -2.15. The smallest absolute Gasteiger partial charge is 0.416 e. The first-order chi connectivity index (χ1) is 14.1. The first-order valence-electron chi connectivity index (χ1n) is 9.15. The third-order valence-electron chi connectivity index (χ3n) is 4.05. The number of alkyl halides is 3. The van der Waals surface area contributed by atoms with Crippen LogP contribution in [0.2, 0.25) is 0 Å². The van der Waals surface area contributed by atoms with E-state index in [1.807, 2.05) is 0 Å². The van der Waals surface area contributed by atoms with Crippen LogP contribution in [0.15, 0.2) is 42.5 Å². The van der Waals surface area contributed by atoms with Gasteiger partial charge in [0.15, 0.2) is 0 Å². The van der Waals surface area contributed by atoms with Crippen LogP contribution < -0.4 is 10.1 Å². The van der Waals surface area contributed by atoms with Crippen LogP contribution in [0.4, 0.5) is 30.2 Å². The average Bonchev–Trinajstić information content (AvgIpc) is 2.67. The topological polar surface area (TPSA) is 90.7 Å². The molecule has 0 radical (unpaired) electrons. The fourth-order valence-electron chi connectivity index (χ4n) is 2.58. The predicted molar refractivity (Wildman–Crippen MR) is 104 cm³/mol. The number of hydrogen-bond acceptors (Lipinski definition) is 6. The number of carbonyl (C=O) groups is 1. The molecule has 2 aromatic carbocycles. The van der Waals surface area contributed by atoms with Crippen molar-refractivity contribution < 1.29 is 32.4 Å². The zero-order chi connectivity index (χ0) is 22.3. The van der Waals surface area contributed by atoms with Crippen molar-refractivity contribution in [1.29, 1.82) is 0 Å². The Bertz CT molecular complexity index is 885. The molecule has 7 nitrogen and oxygen atoms in total. The van der Waals surface area contributed by atoms with Crippen molar-refractivity contribution in [3.8, 4) is 5.75 Å². The van der Waals surface area contributed by atoms with Gasteiger partial charge in [0.05, 0.1) is 23.2 Å². The molecule has 0 saturated heterocycles. The summed E-state index contributed by atoms with van der Waals surface area (Å²) >= 11 is 0. The van der Waals surface area contributed by atoms with E-state index in [0.29, 0.717) is 30.5 Å². The fraction of sp³-hybridized carbons (Fsp3) is 0.350. The highest BCUT2D eigenvalue weighted by atomic mass is 19.4. The van der Waals surface area contributed by atoms with Crippen molar-refractivity contribution in [3.05, 3.63) is 58.1 Å². The molecule has 10 heteroatoms. The van der Waals surface area contributed by atoms with Gasteiger partial charge in [-0.2, -0.15) is 13.2 Å². The lowest BCUT2D eigenvalue weighted by molar-refractivity contribution is -0.384. The summed E-state index contributed by atoms with van der Waals surface area (Å²) in [6.07, 6.45) is -4.22. The van der Waals surface area contributed by atoms with Gasteiger partial charge in [0, 0.05) is 18.2 Å². The Kier molecular flexibility index (Phi) is 7.62. The molecule has 0 aliphatic carbocycles. The molecule has 1 unspecified atom stereocenters. The molecule has 0 aromatic heterocycles. The van der Waals surface area contributed by atoms with Gasteiger partial charge in [-0.15, -0.1) is 0 Å². The fourth-order valence-corrected chi connectivity index (χ4v) is 2.58. The van der Waals surface area contributed by atoms with E-state index in [1.165, 1.54) is 0 Å². The molecular weight excluding hydrogens is 405 g/mol. The Morgan fingerprint density at radius 3 is 2.43 bits per heavy atom. The molecule has 30 heavy (non-hydrogen) atoms. The van der Waals surface area contributed by atoms with Gasteiger partial charge in [-0.05, 0) is 56.7 Å². The van der Waals surface area contributed by atoms with Crippen molar-refractivity contribution in [2.75, 3.05) is 11.9 Å². The van der Waals surface area contributed by atoms with Crippen molar-refractivity contribution in [2.45, 2.75) is 39.0 Å². The second kappa shape index (κ2) is 9.95. The number of hydrogen-bond donors (Lipinski definition) is 1. The monoisotopic (exact) mass is 426 g/mol. The van der Waals surface area contributed by atoms with E-state index in [4.69, 9.17) is 9.47 Å². The summed E-state index contributed by atoms with van der Waals surface area (Å²) in [6.45, 7) is 3.85. The quantitative estimate of drug-likeness (QED) is 0.325. The number of anilines is 2. The van der Waals surface area contributed by atoms with Crippen molar-refractivity contribution in [2.24, 2.45) is 0 Å². The highest BCUT2D eigenvalue weighted by Crippen LogP contribution is 2.36. The number of nitrogens with zero attached hydrogens (tertiary/aromatic N) is 1. The molecule has 0 amide bonds. The van der Waals surface area contributed by atoms with Crippen LogP contribution in [-0.4, -0.2) is 23.6 Å². The first-order valence-corrected chi connectivity index (χ1v) is 9.15. The second-order valence-electron chi connectivity index (χ2n) is 6.41. The van der Waals surface area contributed by atoms with E-state index >= 15 is 0 Å². The van der Waals surface area contributed by atoms with Crippen molar-refractivity contribution in [3.63, 3.8) is 0 Å². The number of halogens is 3. The Morgan fingerprint density at radius 2 is 1.87 bits per heavy atom. The molecule has 2 rings (SSSR count). The van der Waals surface area contributed by atoms with Gasteiger partial charge in [-0.1, -0.05) is 0 Å². The van der Waals surface area contributed by atoms with Gasteiger partial charge in [-0.3, -0.25) is 14.9 Å². The summed E-state index contributed by atoms with van der Waals surface area (Å²) in [4.78, 5) is 21.7. The summed E-state index contributed by atoms with van der Waals surface area (Å²) in [5.74, 6) is 0.212. The number of esters is 1. The van der Waals surface area contributed by atoms with Gasteiger partial charge in [0.1, 0.15) is 11.4 Å². The summed E-state index contributed by atoms with van der Waals surface area (Å²) in [5.41, 5.74) is -1.41. The normalized spacial score (nSPS) is 12.2. The number of nitro benzene ring substituents is 1. The zero-order valence-corrected chi connectivity index (χ0v) is 16.4. The maximum absolute atomic E-state index is 12.8. The third-order valence-corrected chi connectivity index (χ3v) is 4.05. The van der Waals surface area contributed by atoms with Crippen LogP contribution >= 0.6 is 0 Å². The summed E-state index contributed by atoms with van der Waals surface area (Å²) in [7, 11) is 0. The third kappa shape index (κ3) is 6.64. The minimum atomic E-state index is -4.67. The van der Waals surface area contributed by atoms with E-state index in [2.05, 4.69) is 5.32 Å². The summed E-state index contributed by atoms with van der Waals surface area (Å²) < 4.78 is 48.9. The molecule has 2 aromatic rings. The minimum absolute atomic E-state index is 0.0653. The van der Waals surface area contributed by atoms with Gasteiger partial charge >= 0.3 is 12.1 Å². The second-order valence-corrected chi connectivity index (χ2v) is 6.41. The molecule has 0 saturated carbocycles. The van der Waals surface area contributed by atoms with E-state index in [1.54, 1.807) is 38.1 Å². The highest BCUT2D eigenvalue weighted by molar-refractivity contribution is 5.70. The van der Waals surface area contributed by atoms with Crippen molar-refractivity contribution in [1.82, 2.24) is 0 Å². The van der Waals surface area contributed by atoms with E-state index in [-0.39, 0.29) is 24.2 Å². The molecule has 1 atom stereocenters. The Labute approximate surface area is 170 Å². The van der Waals surface area contributed by atoms with Crippen LogP contribution in [-0.2, 0) is 15.7 Å². The average molecular weight is 426 g/mol. The minimum Gasteiger partial charge on any atom is -0.491 e. The van der Waals surface area contributed by atoms with Crippen LogP contribution in [0.1, 0.15) is 32.3 Å². The van der Waals surface area contributed by atoms with Crippen LogP contribution in [0.5, 0.6) is 5.75 Å². The zero-order valence-electron chi connectivity index (χ0n) is 16.4. The lowest BCUT2D eigenvalue weighted by Crippen LogP contribution is -2.15. The van der Waals surface area contributed by atoms with Gasteiger partial charge in [0.25, 0.3) is 5.69 Å². The number of nitro groups is 1. The molecule has 1 N–H and O–H groups in total. The number of ether oxygens (including phenoxy) is 2. The van der Waals surface area contributed by atoms with Crippen LogP contribution in [0.3, 0.4) is 0 Å². The molecule has 0 spiro atoms. The highest BCUT2D eigenvalue weighted by Gasteiger charge is 2.33. The van der Waals surface area contributed by atoms with E-state index in [0.717, 1.165) is 12.1 Å². The van der Waals surface area contributed by atoms with E-state index < -0.39 is 22.4 Å². The number of carbonyl (C=O) groups excluding carboxylic acids is 1. The molecule has 0 heterocycles.